The molecule has 5 rings (SSSR count). The summed E-state index contributed by atoms with van der Waals surface area (Å²) >= 11 is 1.58. The highest BCUT2D eigenvalue weighted by molar-refractivity contribution is 7.13. The van der Waals surface area contributed by atoms with Gasteiger partial charge < -0.3 is 15.1 Å². The lowest BCUT2D eigenvalue weighted by molar-refractivity contribution is -0.123. The summed E-state index contributed by atoms with van der Waals surface area (Å²) < 4.78 is 0. The van der Waals surface area contributed by atoms with Gasteiger partial charge in [0, 0.05) is 49.1 Å². The fourth-order valence-electron chi connectivity index (χ4n) is 6.16. The van der Waals surface area contributed by atoms with E-state index in [0.29, 0.717) is 5.92 Å². The maximum Gasteiger partial charge on any atom is 0.263 e. The van der Waals surface area contributed by atoms with Gasteiger partial charge in [-0.3, -0.25) is 9.59 Å². The van der Waals surface area contributed by atoms with E-state index in [2.05, 4.69) is 10.2 Å². The largest absolute Gasteiger partial charge is 0.350 e. The highest BCUT2D eigenvalue weighted by Gasteiger charge is 2.57. The van der Waals surface area contributed by atoms with Gasteiger partial charge in [-0.05, 0) is 50.7 Å². The Morgan fingerprint density at radius 1 is 1.21 bits per heavy atom. The summed E-state index contributed by atoms with van der Waals surface area (Å²) in [4.78, 5) is 32.1. The third-order valence-electron chi connectivity index (χ3n) is 7.70. The molecule has 4 fully saturated rings. The molecule has 5 nitrogen and oxygen atoms in total. The molecule has 0 aromatic carbocycles. The lowest BCUT2D eigenvalue weighted by Crippen LogP contribution is -2.56. The summed E-state index contributed by atoms with van der Waals surface area (Å²) in [6.07, 6.45) is 7.28. The van der Waals surface area contributed by atoms with Gasteiger partial charge in [0.15, 0.2) is 0 Å². The average molecular weight is 402 g/mol. The van der Waals surface area contributed by atoms with Crippen LogP contribution in [0.5, 0.6) is 0 Å². The summed E-state index contributed by atoms with van der Waals surface area (Å²) in [5.41, 5.74) is -0.0890. The van der Waals surface area contributed by atoms with Crippen molar-refractivity contribution < 1.29 is 9.59 Å². The Bertz CT molecular complexity index is 762. The molecule has 28 heavy (non-hydrogen) atoms. The van der Waals surface area contributed by atoms with Gasteiger partial charge in [0.1, 0.15) is 0 Å². The third kappa shape index (κ3) is 3.18. The van der Waals surface area contributed by atoms with E-state index < -0.39 is 0 Å². The van der Waals surface area contributed by atoms with E-state index in [9.17, 15) is 9.59 Å². The van der Waals surface area contributed by atoms with Gasteiger partial charge in [0.25, 0.3) is 5.91 Å². The van der Waals surface area contributed by atoms with Crippen molar-refractivity contribution in [2.45, 2.75) is 51.0 Å². The molecule has 2 amide bonds. The fraction of sp³-hybridized carbons (Fsp3) is 0.727. The third-order valence-corrected chi connectivity index (χ3v) is 8.69. The second kappa shape index (κ2) is 7.13. The van der Waals surface area contributed by atoms with E-state index in [1.165, 1.54) is 37.1 Å². The van der Waals surface area contributed by atoms with Crippen molar-refractivity contribution in [3.05, 3.63) is 21.9 Å². The average Bonchev–Trinajstić information content (AvgIpc) is 3.45. The van der Waals surface area contributed by atoms with E-state index in [4.69, 9.17) is 0 Å². The Kier molecular flexibility index (Phi) is 4.74. The van der Waals surface area contributed by atoms with Crippen LogP contribution in [-0.4, -0.2) is 59.9 Å². The van der Waals surface area contributed by atoms with Crippen molar-refractivity contribution >= 4 is 23.2 Å². The number of carbonyl (C=O) groups excluding carboxylic acids is 2. The van der Waals surface area contributed by atoms with E-state index in [1.54, 1.807) is 11.3 Å². The second-order valence-electron chi connectivity index (χ2n) is 9.43. The second-order valence-corrected chi connectivity index (χ2v) is 10.7. The molecule has 1 aromatic heterocycles. The summed E-state index contributed by atoms with van der Waals surface area (Å²) in [7, 11) is 0. The molecule has 152 valence electrons. The number of nitrogens with zero attached hydrogens (tertiary/aromatic N) is 2. The zero-order chi connectivity index (χ0) is 19.3. The number of piperidine rings is 1. The molecule has 1 saturated carbocycles. The number of carbonyl (C=O) groups is 2. The van der Waals surface area contributed by atoms with Crippen molar-refractivity contribution in [1.29, 1.82) is 0 Å². The topological polar surface area (TPSA) is 52.7 Å². The first kappa shape index (κ1) is 18.6. The molecule has 0 radical (unpaired) electrons. The zero-order valence-electron chi connectivity index (χ0n) is 16.8. The highest BCUT2D eigenvalue weighted by atomic mass is 32.1. The minimum Gasteiger partial charge on any atom is -0.350 e. The number of aryl methyl sites for hydroxylation is 1. The number of rotatable bonds is 3. The van der Waals surface area contributed by atoms with Crippen molar-refractivity contribution in [3.63, 3.8) is 0 Å². The lowest BCUT2D eigenvalue weighted by Gasteiger charge is -2.42. The summed E-state index contributed by atoms with van der Waals surface area (Å²) in [6, 6.07) is 3.96. The maximum absolute atomic E-state index is 12.8. The van der Waals surface area contributed by atoms with Crippen LogP contribution in [0.2, 0.25) is 0 Å². The molecule has 2 atom stereocenters. The molecule has 0 bridgehead atoms. The number of hydrogen-bond donors (Lipinski definition) is 1. The molecular weight excluding hydrogens is 370 g/mol. The SMILES string of the molecule is Cc1ccc(C(=O)N2CCC3(CC2)NC(=O)[C@@H]2CN(CC4CCCC4)C[C@@H]23)s1. The van der Waals surface area contributed by atoms with Crippen LogP contribution in [0.3, 0.4) is 0 Å². The van der Waals surface area contributed by atoms with Crippen LogP contribution >= 0.6 is 11.3 Å². The van der Waals surface area contributed by atoms with Gasteiger partial charge in [-0.2, -0.15) is 0 Å². The Labute approximate surface area is 171 Å². The van der Waals surface area contributed by atoms with Gasteiger partial charge in [-0.25, -0.2) is 0 Å². The number of likely N-dealkylation sites (tertiary alicyclic amines) is 2. The van der Waals surface area contributed by atoms with Gasteiger partial charge in [0.2, 0.25) is 5.91 Å². The van der Waals surface area contributed by atoms with Gasteiger partial charge >= 0.3 is 0 Å². The van der Waals surface area contributed by atoms with Crippen molar-refractivity contribution in [2.24, 2.45) is 17.8 Å². The monoisotopic (exact) mass is 401 g/mol. The smallest absolute Gasteiger partial charge is 0.263 e. The molecule has 1 aromatic rings. The molecule has 1 N–H and O–H groups in total. The first-order valence-electron chi connectivity index (χ1n) is 10.9. The highest BCUT2D eigenvalue weighted by Crippen LogP contribution is 2.44. The van der Waals surface area contributed by atoms with E-state index in [1.807, 2.05) is 24.0 Å². The van der Waals surface area contributed by atoms with Crippen molar-refractivity contribution in [3.8, 4) is 0 Å². The van der Waals surface area contributed by atoms with Crippen LogP contribution in [-0.2, 0) is 4.79 Å². The minimum atomic E-state index is -0.0890. The summed E-state index contributed by atoms with van der Waals surface area (Å²) in [6.45, 7) is 6.71. The summed E-state index contributed by atoms with van der Waals surface area (Å²) in [5, 5.41) is 3.39. The van der Waals surface area contributed by atoms with Crippen LogP contribution in [0.4, 0.5) is 0 Å². The van der Waals surface area contributed by atoms with E-state index >= 15 is 0 Å². The summed E-state index contributed by atoms with van der Waals surface area (Å²) in [5.74, 6) is 1.83. The minimum absolute atomic E-state index is 0.0890. The van der Waals surface area contributed by atoms with Crippen LogP contribution in [0, 0.1) is 24.7 Å². The molecule has 1 aliphatic carbocycles. The van der Waals surface area contributed by atoms with Gasteiger partial charge in [-0.1, -0.05) is 12.8 Å². The van der Waals surface area contributed by atoms with E-state index in [-0.39, 0.29) is 23.3 Å². The molecule has 0 unspecified atom stereocenters. The predicted octanol–water partition coefficient (Wildman–Crippen LogP) is 2.90. The quantitative estimate of drug-likeness (QED) is 0.847. The number of thiophene rings is 1. The number of nitrogens with one attached hydrogen (secondary N) is 1. The van der Waals surface area contributed by atoms with E-state index in [0.717, 1.165) is 49.8 Å². The number of amides is 2. The van der Waals surface area contributed by atoms with Crippen LogP contribution in [0.25, 0.3) is 0 Å². The van der Waals surface area contributed by atoms with Crippen molar-refractivity contribution in [2.75, 3.05) is 32.7 Å². The standard InChI is InChI=1S/C22H31N3O2S/c1-15-6-7-19(28-15)21(27)25-10-8-22(9-11-25)18-14-24(12-16-4-2-3-5-16)13-17(18)20(26)23-22/h6-7,16-18H,2-5,8-14H2,1H3,(H,23,26)/t17-,18+/m1/s1. The van der Waals surface area contributed by atoms with Crippen molar-refractivity contribution in [1.82, 2.24) is 15.1 Å². The Balaban J connectivity index is 1.24. The van der Waals surface area contributed by atoms with Gasteiger partial charge in [0.05, 0.1) is 10.8 Å². The van der Waals surface area contributed by atoms with Crippen LogP contribution in [0.1, 0.15) is 53.1 Å². The molecule has 3 aliphatic heterocycles. The Morgan fingerprint density at radius 2 is 1.96 bits per heavy atom. The fourth-order valence-corrected chi connectivity index (χ4v) is 6.99. The van der Waals surface area contributed by atoms with Gasteiger partial charge in [-0.15, -0.1) is 11.3 Å². The first-order valence-corrected chi connectivity index (χ1v) is 11.8. The molecule has 1 spiro atoms. The Morgan fingerprint density at radius 3 is 2.64 bits per heavy atom. The number of hydrogen-bond acceptors (Lipinski definition) is 4. The molecule has 3 saturated heterocycles. The lowest BCUT2D eigenvalue weighted by atomic mass is 9.75. The molecule has 4 heterocycles. The maximum atomic E-state index is 12.8. The van der Waals surface area contributed by atoms with Crippen LogP contribution < -0.4 is 5.32 Å². The zero-order valence-corrected chi connectivity index (χ0v) is 17.6. The first-order chi connectivity index (χ1) is 13.5. The molecule has 6 heteroatoms. The van der Waals surface area contributed by atoms with Crippen LogP contribution in [0.15, 0.2) is 12.1 Å². The molecule has 4 aliphatic rings. The number of fused-ring (bicyclic) bond motifs is 2. The molecular formula is C22H31N3O2S. The Hall–Kier alpha value is -1.40. The predicted molar refractivity (Wildman–Crippen MR) is 110 cm³/mol. The normalized spacial score (nSPS) is 30.2.